The number of Topliss-reactive ketones (excluding diaryl/α,β-unsaturated/α-hetero) is 1. The molecular weight excluding hydrogens is 699 g/mol. The first-order valence-electron chi connectivity index (χ1n) is 19.1. The molecule has 0 aliphatic heterocycles. The van der Waals surface area contributed by atoms with Crippen molar-refractivity contribution >= 4 is 39.5 Å². The van der Waals surface area contributed by atoms with Gasteiger partial charge >= 0.3 is 5.97 Å². The predicted molar refractivity (Wildman–Crippen MR) is 225 cm³/mol. The van der Waals surface area contributed by atoms with Crippen LogP contribution in [0.1, 0.15) is 103 Å². The second-order valence-corrected chi connectivity index (χ2v) is 15.7. The molecular formula is C47H51N5O4. The van der Waals surface area contributed by atoms with E-state index in [2.05, 4.69) is 61.3 Å². The van der Waals surface area contributed by atoms with Gasteiger partial charge in [-0.15, -0.1) is 0 Å². The van der Waals surface area contributed by atoms with E-state index in [1.807, 2.05) is 99.7 Å². The molecule has 6 aromatic rings. The molecule has 4 heterocycles. The number of nitrogens with one attached hydrogen (secondary N) is 1. The Labute approximate surface area is 328 Å². The molecule has 0 unspecified atom stereocenters. The van der Waals surface area contributed by atoms with E-state index in [-0.39, 0.29) is 18.2 Å². The Morgan fingerprint density at radius 1 is 0.732 bits per heavy atom. The number of carboxylic acid groups (broad SMARTS) is 1. The lowest BCUT2D eigenvalue weighted by atomic mass is 9.92. The topological polar surface area (TPSA) is 119 Å². The normalized spacial score (nSPS) is 13.1. The molecule has 7 rings (SSSR count). The van der Waals surface area contributed by atoms with Crippen molar-refractivity contribution in [3.8, 4) is 22.3 Å². The van der Waals surface area contributed by atoms with Gasteiger partial charge in [-0.3, -0.25) is 19.6 Å². The number of aryl methyl sites for hydroxylation is 4. The lowest BCUT2D eigenvalue weighted by Gasteiger charge is -2.17. The average molecular weight is 750 g/mol. The van der Waals surface area contributed by atoms with Crippen LogP contribution in [0.2, 0.25) is 0 Å². The van der Waals surface area contributed by atoms with Gasteiger partial charge in [-0.25, -0.2) is 4.79 Å². The van der Waals surface area contributed by atoms with Gasteiger partial charge < -0.3 is 19.6 Å². The number of allylic oxidation sites excluding steroid dienone is 3. The molecule has 4 aromatic heterocycles. The molecule has 56 heavy (non-hydrogen) atoms. The minimum absolute atomic E-state index is 0.0818. The monoisotopic (exact) mass is 749 g/mol. The van der Waals surface area contributed by atoms with E-state index in [1.165, 1.54) is 5.56 Å². The highest BCUT2D eigenvalue weighted by Crippen LogP contribution is 2.35. The number of hydrogen-bond acceptors (Lipinski definition) is 5. The molecule has 0 radical (unpaired) electrons. The van der Waals surface area contributed by atoms with Crippen molar-refractivity contribution < 1.29 is 19.5 Å². The van der Waals surface area contributed by atoms with E-state index in [4.69, 9.17) is 0 Å². The molecule has 0 bridgehead atoms. The molecule has 1 aliphatic carbocycles. The van der Waals surface area contributed by atoms with Gasteiger partial charge in [0.05, 0.1) is 22.2 Å². The van der Waals surface area contributed by atoms with Crippen LogP contribution in [-0.4, -0.2) is 48.4 Å². The molecule has 0 saturated heterocycles. The van der Waals surface area contributed by atoms with Gasteiger partial charge in [0.15, 0.2) is 5.78 Å². The van der Waals surface area contributed by atoms with E-state index in [0.29, 0.717) is 35.0 Å². The fraction of sp³-hybridized carbons (Fsp3) is 0.298. The summed E-state index contributed by atoms with van der Waals surface area (Å²) >= 11 is 0. The summed E-state index contributed by atoms with van der Waals surface area (Å²) in [6.07, 6.45) is 10.2. The highest BCUT2D eigenvalue weighted by atomic mass is 16.4. The predicted octanol–water partition coefficient (Wildman–Crippen LogP) is 10.0. The van der Waals surface area contributed by atoms with Crippen LogP contribution in [-0.2, 0) is 18.9 Å². The summed E-state index contributed by atoms with van der Waals surface area (Å²) in [7, 11) is 3.87. The van der Waals surface area contributed by atoms with Crippen LogP contribution >= 0.6 is 0 Å². The number of ketones is 1. The number of carbonyl (C=O) groups is 3. The minimum atomic E-state index is -0.909. The Balaban J connectivity index is 0.000000202. The fourth-order valence-electron chi connectivity index (χ4n) is 7.61. The number of hydrogen-bond donors (Lipinski definition) is 2. The van der Waals surface area contributed by atoms with E-state index >= 15 is 0 Å². The second-order valence-electron chi connectivity index (χ2n) is 15.7. The van der Waals surface area contributed by atoms with Crippen LogP contribution in [0.4, 0.5) is 0 Å². The van der Waals surface area contributed by atoms with Crippen molar-refractivity contribution in [2.45, 2.75) is 73.6 Å². The summed E-state index contributed by atoms with van der Waals surface area (Å²) in [6.45, 7) is 16.6. The number of rotatable bonds is 8. The second kappa shape index (κ2) is 15.9. The molecule has 9 nitrogen and oxygen atoms in total. The first-order chi connectivity index (χ1) is 26.5. The van der Waals surface area contributed by atoms with Crippen LogP contribution in [0.3, 0.4) is 0 Å². The summed E-state index contributed by atoms with van der Waals surface area (Å²) < 4.78 is 3.93. The Hall–Kier alpha value is -6.09. The third-order valence-electron chi connectivity index (χ3n) is 10.6. The van der Waals surface area contributed by atoms with Crippen molar-refractivity contribution in [2.24, 2.45) is 14.1 Å². The first kappa shape index (κ1) is 39.6. The van der Waals surface area contributed by atoms with E-state index in [0.717, 1.165) is 72.2 Å². The lowest BCUT2D eigenvalue weighted by Crippen LogP contribution is -2.29. The molecule has 1 amide bonds. The van der Waals surface area contributed by atoms with Crippen molar-refractivity contribution in [3.63, 3.8) is 0 Å². The van der Waals surface area contributed by atoms with Crippen LogP contribution in [0, 0.1) is 13.8 Å². The van der Waals surface area contributed by atoms with Gasteiger partial charge in [0.1, 0.15) is 0 Å². The number of pyridine rings is 2. The number of amides is 1. The molecule has 2 aromatic carbocycles. The fourth-order valence-corrected chi connectivity index (χ4v) is 7.61. The zero-order valence-corrected chi connectivity index (χ0v) is 34.0. The Morgan fingerprint density at radius 2 is 1.21 bits per heavy atom. The van der Waals surface area contributed by atoms with Crippen molar-refractivity contribution in [1.82, 2.24) is 24.4 Å². The van der Waals surface area contributed by atoms with Gasteiger partial charge in [-0.05, 0) is 104 Å². The largest absolute Gasteiger partial charge is 0.478 e. The van der Waals surface area contributed by atoms with E-state index in [1.54, 1.807) is 12.3 Å². The van der Waals surface area contributed by atoms with Crippen LogP contribution in [0.25, 0.3) is 44.1 Å². The van der Waals surface area contributed by atoms with Crippen LogP contribution < -0.4 is 5.32 Å². The quantitative estimate of drug-likeness (QED) is 0.160. The van der Waals surface area contributed by atoms with Gasteiger partial charge in [0.2, 0.25) is 0 Å². The summed E-state index contributed by atoms with van der Waals surface area (Å²) in [4.78, 5) is 46.5. The average Bonchev–Trinajstić information content (AvgIpc) is 3.67. The molecule has 288 valence electrons. The highest BCUT2D eigenvalue weighted by molar-refractivity contribution is 6.10. The maximum absolute atomic E-state index is 13.5. The van der Waals surface area contributed by atoms with Gasteiger partial charge in [-0.2, -0.15) is 0 Å². The number of aromatic carboxylic acids is 1. The maximum Gasteiger partial charge on any atom is 0.337 e. The number of carboxylic acids is 1. The molecule has 9 heteroatoms. The molecule has 2 N–H and O–H groups in total. The summed E-state index contributed by atoms with van der Waals surface area (Å²) in [5, 5.41) is 14.7. The smallest absolute Gasteiger partial charge is 0.337 e. The number of fused-ring (bicyclic) bond motifs is 2. The number of nitrogens with zero attached hydrogens (tertiary/aromatic N) is 4. The number of aromatic nitrogens is 4. The van der Waals surface area contributed by atoms with Gasteiger partial charge in [-0.1, -0.05) is 51.5 Å². The molecule has 0 atom stereocenters. The lowest BCUT2D eigenvalue weighted by molar-refractivity contribution is -0.115. The Kier molecular flexibility index (Phi) is 11.3. The van der Waals surface area contributed by atoms with Crippen LogP contribution in [0.15, 0.2) is 96.1 Å². The third kappa shape index (κ3) is 7.98. The summed E-state index contributed by atoms with van der Waals surface area (Å²) in [6, 6.07) is 15.8. The SMILES string of the molecule is CC1=CC(C)=C(CNC(=O)c2cc(-c3ccc(C)nc3)cc3c(C(C)C)cn(C)c23)C(=O)C1.Cc1ccc(-c2cc(C(=O)O)c3c(c2)c(C(C)C)cn3C)cn1. The van der Waals surface area contributed by atoms with Gasteiger partial charge in [0.25, 0.3) is 5.91 Å². The number of benzene rings is 2. The van der Waals surface area contributed by atoms with E-state index in [9.17, 15) is 19.5 Å². The van der Waals surface area contributed by atoms with Crippen molar-refractivity contribution in [1.29, 1.82) is 0 Å². The zero-order chi connectivity index (χ0) is 40.6. The zero-order valence-electron chi connectivity index (χ0n) is 34.0. The van der Waals surface area contributed by atoms with Crippen LogP contribution in [0.5, 0.6) is 0 Å². The Morgan fingerprint density at radius 3 is 1.64 bits per heavy atom. The van der Waals surface area contributed by atoms with Gasteiger partial charge in [0, 0.05) is 90.7 Å². The summed E-state index contributed by atoms with van der Waals surface area (Å²) in [5.41, 5.74) is 13.2. The summed E-state index contributed by atoms with van der Waals surface area (Å²) in [5.74, 6) is -0.366. The molecule has 1 aliphatic rings. The Bertz CT molecular complexity index is 2560. The highest BCUT2D eigenvalue weighted by Gasteiger charge is 2.23. The minimum Gasteiger partial charge on any atom is -0.478 e. The first-order valence-corrected chi connectivity index (χ1v) is 19.1. The molecule has 0 fully saturated rings. The van der Waals surface area contributed by atoms with Crippen molar-refractivity contribution in [3.05, 3.63) is 130 Å². The standard InChI is InChI=1S/C28H31N3O2.C19H20N2O2/c1-16(2)25-15-31(6)27-22(25)11-21(20-8-7-19(5)29-13-20)12-23(27)28(33)30-14-24-18(4)9-17(3)10-26(24)32;1-11(2)17-10-21(4)18-15(17)7-14(8-16(18)19(22)23)13-6-5-12(3)20-9-13/h7-9,11-13,15-16H,10,14H2,1-6H3,(H,30,33);5-11H,1-4H3,(H,22,23). The molecule has 0 saturated carbocycles. The molecule has 0 spiro atoms. The van der Waals surface area contributed by atoms with Crippen molar-refractivity contribution in [2.75, 3.05) is 6.54 Å². The maximum atomic E-state index is 13.5. The van der Waals surface area contributed by atoms with E-state index < -0.39 is 5.97 Å². The number of carbonyl (C=O) groups excluding carboxylic acids is 2. The third-order valence-corrected chi connectivity index (χ3v) is 10.6.